The number of Topliss-reactive ketones (excluding diaryl/α,β-unsaturated/α-hetero) is 1. The molecule has 1 aromatic carbocycles. The van der Waals surface area contributed by atoms with E-state index in [1.54, 1.807) is 17.5 Å². The molecule has 1 aliphatic rings. The van der Waals surface area contributed by atoms with Crippen molar-refractivity contribution in [3.63, 3.8) is 0 Å². The molecule has 0 N–H and O–H groups in total. The Morgan fingerprint density at radius 2 is 1.94 bits per heavy atom. The summed E-state index contributed by atoms with van der Waals surface area (Å²) in [7, 11) is 2.12. The van der Waals surface area contributed by atoms with Crippen LogP contribution in [-0.2, 0) is 6.42 Å². The molecular formula is C21H22N8OS. The van der Waals surface area contributed by atoms with Crippen LogP contribution in [0.25, 0.3) is 21.5 Å². The SMILES string of the molecule is Cc1nnc(-c2ccc3nnc(CC(=O)c4cn(C5CCN(C)CC5)nn4)cc3c2)s1. The van der Waals surface area contributed by atoms with Crippen molar-refractivity contribution in [2.45, 2.75) is 32.2 Å². The van der Waals surface area contributed by atoms with E-state index in [4.69, 9.17) is 0 Å². The maximum absolute atomic E-state index is 12.8. The van der Waals surface area contributed by atoms with Gasteiger partial charge in [0.2, 0.25) is 0 Å². The van der Waals surface area contributed by atoms with E-state index in [0.717, 1.165) is 52.4 Å². The molecule has 31 heavy (non-hydrogen) atoms. The van der Waals surface area contributed by atoms with E-state index >= 15 is 0 Å². The maximum Gasteiger partial charge on any atom is 0.190 e. The van der Waals surface area contributed by atoms with Crippen molar-refractivity contribution in [3.8, 4) is 10.6 Å². The molecule has 0 radical (unpaired) electrons. The molecule has 3 aromatic heterocycles. The second-order valence-corrected chi connectivity index (χ2v) is 9.14. The molecule has 1 saturated heterocycles. The normalized spacial score (nSPS) is 15.5. The number of ketones is 1. The van der Waals surface area contributed by atoms with E-state index in [1.807, 2.05) is 35.9 Å². The fourth-order valence-electron chi connectivity index (χ4n) is 3.82. The summed E-state index contributed by atoms with van der Waals surface area (Å²) in [5, 5.41) is 27.8. The van der Waals surface area contributed by atoms with E-state index in [0.29, 0.717) is 17.4 Å². The van der Waals surface area contributed by atoms with E-state index in [2.05, 4.69) is 42.7 Å². The largest absolute Gasteiger partial charge is 0.306 e. The van der Waals surface area contributed by atoms with Crippen LogP contribution in [0.5, 0.6) is 0 Å². The quantitative estimate of drug-likeness (QED) is 0.442. The molecule has 0 bridgehead atoms. The van der Waals surface area contributed by atoms with Gasteiger partial charge in [0.1, 0.15) is 15.7 Å². The van der Waals surface area contributed by atoms with Gasteiger partial charge in [0.15, 0.2) is 5.78 Å². The molecule has 0 spiro atoms. The van der Waals surface area contributed by atoms with Gasteiger partial charge >= 0.3 is 0 Å². The molecule has 0 atom stereocenters. The minimum atomic E-state index is -0.108. The maximum atomic E-state index is 12.8. The number of piperidine rings is 1. The summed E-state index contributed by atoms with van der Waals surface area (Å²) in [4.78, 5) is 15.1. The highest BCUT2D eigenvalue weighted by atomic mass is 32.1. The number of hydrogen-bond acceptors (Lipinski definition) is 9. The number of carbonyl (C=O) groups excluding carboxylic acids is 1. The van der Waals surface area contributed by atoms with Crippen LogP contribution in [0.4, 0.5) is 0 Å². The molecule has 1 aliphatic heterocycles. The van der Waals surface area contributed by atoms with Crippen molar-refractivity contribution in [2.24, 2.45) is 0 Å². The van der Waals surface area contributed by atoms with E-state index < -0.39 is 0 Å². The van der Waals surface area contributed by atoms with Crippen molar-refractivity contribution >= 4 is 28.0 Å². The number of fused-ring (bicyclic) bond motifs is 1. The predicted molar refractivity (Wildman–Crippen MR) is 117 cm³/mol. The second-order valence-electron chi connectivity index (χ2n) is 7.95. The zero-order valence-electron chi connectivity index (χ0n) is 17.4. The zero-order chi connectivity index (χ0) is 21.4. The van der Waals surface area contributed by atoms with Gasteiger partial charge < -0.3 is 4.90 Å². The highest BCUT2D eigenvalue weighted by Gasteiger charge is 2.21. The highest BCUT2D eigenvalue weighted by Crippen LogP contribution is 2.26. The van der Waals surface area contributed by atoms with Gasteiger partial charge in [-0.05, 0) is 64.2 Å². The van der Waals surface area contributed by atoms with Crippen LogP contribution in [0.1, 0.15) is 40.1 Å². The summed E-state index contributed by atoms with van der Waals surface area (Å²) >= 11 is 1.54. The third-order valence-electron chi connectivity index (χ3n) is 5.61. The van der Waals surface area contributed by atoms with E-state index in [9.17, 15) is 4.79 Å². The molecule has 4 aromatic rings. The number of nitrogens with zero attached hydrogens (tertiary/aromatic N) is 8. The fraction of sp³-hybridized carbons (Fsp3) is 0.381. The Balaban J connectivity index is 1.33. The first-order valence-corrected chi connectivity index (χ1v) is 11.1. The van der Waals surface area contributed by atoms with Crippen LogP contribution in [0.15, 0.2) is 30.5 Å². The van der Waals surface area contributed by atoms with Gasteiger partial charge in [0.25, 0.3) is 0 Å². The summed E-state index contributed by atoms with van der Waals surface area (Å²) in [6.45, 7) is 3.98. The molecule has 5 rings (SSSR count). The first-order valence-electron chi connectivity index (χ1n) is 10.3. The van der Waals surface area contributed by atoms with Gasteiger partial charge in [0.05, 0.1) is 29.9 Å². The van der Waals surface area contributed by atoms with Crippen LogP contribution in [-0.4, -0.2) is 66.2 Å². The second kappa shape index (κ2) is 8.20. The van der Waals surface area contributed by atoms with E-state index in [-0.39, 0.29) is 12.2 Å². The van der Waals surface area contributed by atoms with Crippen molar-refractivity contribution in [2.75, 3.05) is 20.1 Å². The van der Waals surface area contributed by atoms with Gasteiger partial charge in [-0.15, -0.1) is 15.3 Å². The Morgan fingerprint density at radius 1 is 1.10 bits per heavy atom. The first kappa shape index (κ1) is 19.8. The molecule has 0 saturated carbocycles. The zero-order valence-corrected chi connectivity index (χ0v) is 18.2. The van der Waals surface area contributed by atoms with Crippen molar-refractivity contribution in [1.29, 1.82) is 0 Å². The molecule has 0 unspecified atom stereocenters. The number of benzene rings is 1. The summed E-state index contributed by atoms with van der Waals surface area (Å²) in [6, 6.07) is 8.08. The lowest BCUT2D eigenvalue weighted by molar-refractivity contribution is 0.0987. The van der Waals surface area contributed by atoms with Gasteiger partial charge in [-0.1, -0.05) is 16.6 Å². The molecule has 9 nitrogen and oxygen atoms in total. The summed E-state index contributed by atoms with van der Waals surface area (Å²) in [6.07, 6.45) is 3.93. The number of hydrogen-bond donors (Lipinski definition) is 0. The monoisotopic (exact) mass is 434 g/mol. The Kier molecular flexibility index (Phi) is 5.24. The Morgan fingerprint density at radius 3 is 2.71 bits per heavy atom. The smallest absolute Gasteiger partial charge is 0.190 e. The number of aromatic nitrogens is 7. The lowest BCUT2D eigenvalue weighted by Gasteiger charge is -2.28. The lowest BCUT2D eigenvalue weighted by Crippen LogP contribution is -2.31. The summed E-state index contributed by atoms with van der Waals surface area (Å²) < 4.78 is 1.84. The summed E-state index contributed by atoms with van der Waals surface area (Å²) in [5.74, 6) is -0.108. The van der Waals surface area contributed by atoms with Crippen LogP contribution in [0, 0.1) is 6.92 Å². The van der Waals surface area contributed by atoms with Crippen molar-refractivity contribution in [1.82, 2.24) is 40.3 Å². The number of rotatable bonds is 5. The third kappa shape index (κ3) is 4.21. The van der Waals surface area contributed by atoms with Crippen LogP contribution in [0.2, 0.25) is 0 Å². The number of likely N-dealkylation sites (tertiary alicyclic amines) is 1. The minimum absolute atomic E-state index is 0.108. The topological polar surface area (TPSA) is 103 Å². The number of aryl methyl sites for hydroxylation is 1. The molecule has 158 valence electrons. The molecule has 10 heteroatoms. The van der Waals surface area contributed by atoms with Crippen molar-refractivity contribution < 1.29 is 4.79 Å². The average molecular weight is 435 g/mol. The molecular weight excluding hydrogens is 412 g/mol. The molecule has 4 heterocycles. The van der Waals surface area contributed by atoms with Gasteiger partial charge in [0, 0.05) is 10.9 Å². The standard InChI is InChI=1S/C21H22N8OS/c1-13-22-26-21(31-13)14-3-4-18-15(9-14)10-16(23-24-18)11-20(30)19-12-29(27-25-19)17-5-7-28(2)8-6-17/h3-4,9-10,12,17H,5-8,11H2,1-2H3. The highest BCUT2D eigenvalue weighted by molar-refractivity contribution is 7.14. The number of carbonyl (C=O) groups is 1. The predicted octanol–water partition coefficient (Wildman–Crippen LogP) is 2.74. The molecule has 1 fully saturated rings. The van der Waals surface area contributed by atoms with Gasteiger partial charge in [-0.25, -0.2) is 4.68 Å². The Bertz CT molecular complexity index is 1240. The van der Waals surface area contributed by atoms with Crippen LogP contribution < -0.4 is 0 Å². The molecule has 0 aliphatic carbocycles. The van der Waals surface area contributed by atoms with E-state index in [1.165, 1.54) is 0 Å². The van der Waals surface area contributed by atoms with Crippen LogP contribution in [0.3, 0.4) is 0 Å². The summed E-state index contributed by atoms with van der Waals surface area (Å²) in [5.41, 5.74) is 2.73. The first-order chi connectivity index (χ1) is 15.0. The minimum Gasteiger partial charge on any atom is -0.306 e. The van der Waals surface area contributed by atoms with Crippen LogP contribution >= 0.6 is 11.3 Å². The Hall–Kier alpha value is -3.11. The van der Waals surface area contributed by atoms with Crippen molar-refractivity contribution in [3.05, 3.63) is 46.9 Å². The van der Waals surface area contributed by atoms with Gasteiger partial charge in [-0.3, -0.25) is 4.79 Å². The third-order valence-corrected chi connectivity index (χ3v) is 6.50. The van der Waals surface area contributed by atoms with Gasteiger partial charge in [-0.2, -0.15) is 10.2 Å². The fourth-order valence-corrected chi connectivity index (χ4v) is 4.51. The average Bonchev–Trinajstić information content (AvgIpc) is 3.43. The Labute approximate surface area is 183 Å². The molecule has 0 amide bonds. The lowest BCUT2D eigenvalue weighted by atomic mass is 10.1.